The van der Waals surface area contributed by atoms with E-state index in [0.29, 0.717) is 0 Å². The summed E-state index contributed by atoms with van der Waals surface area (Å²) >= 11 is 0. The number of aryl methyl sites for hydroxylation is 2. The van der Waals surface area contributed by atoms with Gasteiger partial charge < -0.3 is 0 Å². The van der Waals surface area contributed by atoms with Gasteiger partial charge in [-0.25, -0.2) is 0 Å². The molecule has 0 unspecified atom stereocenters. The molecule has 0 spiro atoms. The van der Waals surface area contributed by atoms with Crippen LogP contribution < -0.4 is 0 Å². The maximum atomic E-state index is 2.41. The zero-order valence-electron chi connectivity index (χ0n) is 22.7. The number of hydrogen-bond acceptors (Lipinski definition) is 0. The predicted molar refractivity (Wildman–Crippen MR) is 174 cm³/mol. The Hall–Kier alpha value is -4.94. The fourth-order valence-electron chi connectivity index (χ4n) is 6.58. The largest absolute Gasteiger partial charge is 0.0616 e. The molecule has 0 heteroatoms. The van der Waals surface area contributed by atoms with E-state index in [0.717, 1.165) is 0 Å². The molecule has 0 fully saturated rings. The van der Waals surface area contributed by atoms with E-state index < -0.39 is 0 Å². The van der Waals surface area contributed by atoms with E-state index in [1.54, 1.807) is 0 Å². The molecule has 0 saturated carbocycles. The lowest BCUT2D eigenvalue weighted by Gasteiger charge is -2.19. The Labute approximate surface area is 234 Å². The number of fused-ring (bicyclic) bond motifs is 6. The normalized spacial score (nSPS) is 11.8. The van der Waals surface area contributed by atoms with Crippen molar-refractivity contribution < 1.29 is 0 Å². The summed E-state index contributed by atoms with van der Waals surface area (Å²) in [5.74, 6) is 0. The monoisotopic (exact) mass is 508 g/mol. The van der Waals surface area contributed by atoms with Gasteiger partial charge in [0.1, 0.15) is 0 Å². The second-order valence-corrected chi connectivity index (χ2v) is 11.1. The van der Waals surface area contributed by atoms with Crippen LogP contribution in [0, 0.1) is 13.8 Å². The number of benzene rings is 8. The molecule has 0 aliphatic carbocycles. The van der Waals surface area contributed by atoms with Crippen molar-refractivity contribution in [1.29, 1.82) is 0 Å². The van der Waals surface area contributed by atoms with Crippen LogP contribution in [0.2, 0.25) is 0 Å². The van der Waals surface area contributed by atoms with Crippen molar-refractivity contribution >= 4 is 53.9 Å². The molecule has 0 nitrogen and oxygen atoms in total. The smallest absolute Gasteiger partial charge is 0.00260 e. The molecule has 0 aliphatic rings. The summed E-state index contributed by atoms with van der Waals surface area (Å²) in [6.45, 7) is 4.40. The topological polar surface area (TPSA) is 0 Å². The molecule has 0 aromatic heterocycles. The molecule has 188 valence electrons. The van der Waals surface area contributed by atoms with Gasteiger partial charge in [0.15, 0.2) is 0 Å². The van der Waals surface area contributed by atoms with E-state index in [1.807, 2.05) is 0 Å². The Morgan fingerprint density at radius 3 is 1.48 bits per heavy atom. The van der Waals surface area contributed by atoms with Gasteiger partial charge in [-0.3, -0.25) is 0 Å². The Morgan fingerprint density at radius 2 is 0.800 bits per heavy atom. The highest BCUT2D eigenvalue weighted by molar-refractivity contribution is 6.22. The first kappa shape index (κ1) is 23.0. The minimum Gasteiger partial charge on any atom is -0.0616 e. The van der Waals surface area contributed by atoms with Crippen molar-refractivity contribution in [3.05, 3.63) is 145 Å². The van der Waals surface area contributed by atoms with Crippen molar-refractivity contribution in [2.45, 2.75) is 13.8 Å². The van der Waals surface area contributed by atoms with Gasteiger partial charge in [-0.2, -0.15) is 0 Å². The van der Waals surface area contributed by atoms with Gasteiger partial charge in [0, 0.05) is 0 Å². The molecule has 0 atom stereocenters. The predicted octanol–water partition coefficient (Wildman–Crippen LogP) is 11.4. The first-order chi connectivity index (χ1) is 19.6. The molecular weight excluding hydrogens is 480 g/mol. The van der Waals surface area contributed by atoms with Crippen LogP contribution in [-0.4, -0.2) is 0 Å². The third-order valence-corrected chi connectivity index (χ3v) is 8.50. The second-order valence-electron chi connectivity index (χ2n) is 11.1. The summed E-state index contributed by atoms with van der Waals surface area (Å²) in [5.41, 5.74) is 7.70. The Kier molecular flexibility index (Phi) is 5.06. The zero-order valence-corrected chi connectivity index (χ0v) is 22.7. The summed E-state index contributed by atoms with van der Waals surface area (Å²) in [6, 6.07) is 49.7. The van der Waals surface area contributed by atoms with Crippen LogP contribution in [0.4, 0.5) is 0 Å². The van der Waals surface area contributed by atoms with E-state index in [1.165, 1.54) is 87.2 Å². The van der Waals surface area contributed by atoms with Crippen molar-refractivity contribution in [1.82, 2.24) is 0 Å². The van der Waals surface area contributed by atoms with Gasteiger partial charge in [-0.05, 0) is 102 Å². The average molecular weight is 509 g/mol. The third kappa shape index (κ3) is 3.53. The van der Waals surface area contributed by atoms with Crippen LogP contribution in [0.1, 0.15) is 11.1 Å². The number of hydrogen-bond donors (Lipinski definition) is 0. The molecule has 0 saturated heterocycles. The summed E-state index contributed by atoms with van der Waals surface area (Å²) in [4.78, 5) is 0. The lowest BCUT2D eigenvalue weighted by molar-refractivity contribution is 1.49. The second kappa shape index (κ2) is 8.79. The fourth-order valence-corrected chi connectivity index (χ4v) is 6.58. The minimum atomic E-state index is 1.26. The van der Waals surface area contributed by atoms with E-state index in [9.17, 15) is 0 Å². The van der Waals surface area contributed by atoms with Crippen molar-refractivity contribution in [3.8, 4) is 22.3 Å². The third-order valence-electron chi connectivity index (χ3n) is 8.50. The van der Waals surface area contributed by atoms with E-state index >= 15 is 0 Å². The highest BCUT2D eigenvalue weighted by Gasteiger charge is 2.18. The van der Waals surface area contributed by atoms with Crippen LogP contribution >= 0.6 is 0 Å². The van der Waals surface area contributed by atoms with Crippen LogP contribution in [0.25, 0.3) is 76.1 Å². The molecule has 0 radical (unpaired) electrons. The molecular formula is C40H28. The highest BCUT2D eigenvalue weighted by atomic mass is 14.2. The summed E-state index contributed by atoms with van der Waals surface area (Å²) < 4.78 is 0. The molecule has 0 heterocycles. The van der Waals surface area contributed by atoms with E-state index in [-0.39, 0.29) is 0 Å². The van der Waals surface area contributed by atoms with Gasteiger partial charge in [0.25, 0.3) is 0 Å². The quantitative estimate of drug-likeness (QED) is 0.161. The average Bonchev–Trinajstić information content (AvgIpc) is 2.99. The molecule has 40 heavy (non-hydrogen) atoms. The van der Waals surface area contributed by atoms with Gasteiger partial charge in [-0.1, -0.05) is 132 Å². The van der Waals surface area contributed by atoms with Gasteiger partial charge in [-0.15, -0.1) is 0 Å². The van der Waals surface area contributed by atoms with Gasteiger partial charge in [0.2, 0.25) is 0 Å². The molecule has 8 aromatic carbocycles. The number of rotatable bonds is 2. The molecule has 0 N–H and O–H groups in total. The summed E-state index contributed by atoms with van der Waals surface area (Å²) in [5, 5.41) is 12.9. The highest BCUT2D eigenvalue weighted by Crippen LogP contribution is 2.45. The van der Waals surface area contributed by atoms with Gasteiger partial charge in [0.05, 0.1) is 0 Å². The molecule has 0 amide bonds. The molecule has 8 rings (SSSR count). The molecule has 0 aliphatic heterocycles. The minimum absolute atomic E-state index is 1.26. The molecule has 8 aromatic rings. The van der Waals surface area contributed by atoms with Crippen molar-refractivity contribution in [2.75, 3.05) is 0 Å². The van der Waals surface area contributed by atoms with Crippen LogP contribution in [-0.2, 0) is 0 Å². The maximum Gasteiger partial charge on any atom is -0.00260 e. The fraction of sp³-hybridized carbons (Fsp3) is 0.0500. The van der Waals surface area contributed by atoms with Gasteiger partial charge >= 0.3 is 0 Å². The van der Waals surface area contributed by atoms with Crippen LogP contribution in [0.15, 0.2) is 133 Å². The first-order valence-corrected chi connectivity index (χ1v) is 14.0. The van der Waals surface area contributed by atoms with Crippen LogP contribution in [0.3, 0.4) is 0 Å². The SMILES string of the molecule is Cc1ccc2c(-c3ccc4ccc5ccccc5c4c3)c3cc(C)ccc3c(-c3ccc4ccccc4c3)c2c1. The Morgan fingerprint density at radius 1 is 0.300 bits per heavy atom. The zero-order chi connectivity index (χ0) is 26.8. The summed E-state index contributed by atoms with van der Waals surface area (Å²) in [7, 11) is 0. The maximum absolute atomic E-state index is 2.41. The first-order valence-electron chi connectivity index (χ1n) is 14.0. The van der Waals surface area contributed by atoms with E-state index in [2.05, 4.69) is 147 Å². The molecule has 0 bridgehead atoms. The van der Waals surface area contributed by atoms with Crippen LogP contribution in [0.5, 0.6) is 0 Å². The van der Waals surface area contributed by atoms with E-state index in [4.69, 9.17) is 0 Å². The Bertz CT molecular complexity index is 2280. The lowest BCUT2D eigenvalue weighted by atomic mass is 9.84. The summed E-state index contributed by atoms with van der Waals surface area (Å²) in [6.07, 6.45) is 0. The Balaban J connectivity index is 1.52. The van der Waals surface area contributed by atoms with Crippen molar-refractivity contribution in [2.24, 2.45) is 0 Å². The lowest BCUT2D eigenvalue weighted by Crippen LogP contribution is -1.92. The van der Waals surface area contributed by atoms with Crippen molar-refractivity contribution in [3.63, 3.8) is 0 Å². The standard InChI is InChI=1S/C40H28/c1-25-12-20-35-37(21-25)39(31-17-13-27-7-3-4-9-30(27)23-31)34-19-11-26(2)22-38(34)40(35)32-18-16-29-15-14-28-8-5-6-10-33(28)36(29)24-32/h3-24H,1-2H3.